The van der Waals surface area contributed by atoms with Crippen LogP contribution in [0.5, 0.6) is 0 Å². The van der Waals surface area contributed by atoms with Gasteiger partial charge < -0.3 is 0 Å². The molecule has 188 valence electrons. The quantitative estimate of drug-likeness (QED) is 0.210. The van der Waals surface area contributed by atoms with Crippen molar-refractivity contribution in [2.45, 2.75) is 58.3 Å². The van der Waals surface area contributed by atoms with Crippen LogP contribution in [0.1, 0.15) is 75.3 Å². The Balaban J connectivity index is 0.000000162. The van der Waals surface area contributed by atoms with E-state index in [0.717, 1.165) is 6.42 Å². The second kappa shape index (κ2) is 10.8. The fraction of sp³-hybridized carbons (Fsp3) is 0.243. The first kappa shape index (κ1) is 26.8. The number of allylic oxidation sites excluding steroid dienone is 6. The van der Waals surface area contributed by atoms with Crippen molar-refractivity contribution in [3.8, 4) is 0 Å². The van der Waals surface area contributed by atoms with E-state index < -0.39 is 0 Å². The maximum atomic E-state index is 2.99. The topological polar surface area (TPSA) is 0 Å². The minimum Gasteiger partial charge on any atom is -0.273 e. The summed E-state index contributed by atoms with van der Waals surface area (Å²) in [6.07, 6.45) is 20.4. The third-order valence-electron chi connectivity index (χ3n) is 7.85. The van der Waals surface area contributed by atoms with Gasteiger partial charge in [0, 0.05) is 10.8 Å². The number of benzene rings is 3. The number of hydrogen-bond donors (Lipinski definition) is 0. The van der Waals surface area contributed by atoms with Gasteiger partial charge in [0.1, 0.15) is 0 Å². The molecule has 0 fully saturated rings. The summed E-state index contributed by atoms with van der Waals surface area (Å²) in [6.45, 7) is 11.4. The summed E-state index contributed by atoms with van der Waals surface area (Å²) in [5.41, 5.74) is 7.38. The van der Waals surface area contributed by atoms with Crippen LogP contribution in [0.25, 0.3) is 33.7 Å². The van der Waals surface area contributed by atoms with Crippen LogP contribution in [0.15, 0.2) is 91.0 Å². The van der Waals surface area contributed by atoms with Gasteiger partial charge in [0.05, 0.1) is 0 Å². The fourth-order valence-corrected chi connectivity index (χ4v) is 5.90. The van der Waals surface area contributed by atoms with E-state index in [-0.39, 0.29) is 10.8 Å². The van der Waals surface area contributed by atoms with Gasteiger partial charge in [-0.25, -0.2) is 12.2 Å². The maximum Gasteiger partial charge on any atom is -0.109 e. The van der Waals surface area contributed by atoms with Gasteiger partial charge in [-0.1, -0.05) is 75.3 Å². The van der Waals surface area contributed by atoms with Crippen molar-refractivity contribution in [2.24, 2.45) is 0 Å². The molecule has 0 nitrogen and oxygen atoms in total. The first-order valence-corrected chi connectivity index (χ1v) is 14.9. The van der Waals surface area contributed by atoms with Gasteiger partial charge in [0.2, 0.25) is 0 Å². The third-order valence-corrected chi connectivity index (χ3v) is 9.43. The molecule has 0 unspecified atom stereocenters. The summed E-state index contributed by atoms with van der Waals surface area (Å²) < 4.78 is 1.55. The van der Waals surface area contributed by atoms with Crippen LogP contribution in [0, 0.1) is 6.08 Å². The molecule has 7 rings (SSSR count). The molecule has 38 heavy (non-hydrogen) atoms. The van der Waals surface area contributed by atoms with E-state index in [1.807, 2.05) is 12.2 Å². The van der Waals surface area contributed by atoms with Crippen molar-refractivity contribution < 1.29 is 24.2 Å². The summed E-state index contributed by atoms with van der Waals surface area (Å²) in [4.78, 5) is 0. The van der Waals surface area contributed by atoms with Crippen molar-refractivity contribution in [1.29, 1.82) is 0 Å². The summed E-state index contributed by atoms with van der Waals surface area (Å²) in [6, 6.07) is 22.5. The van der Waals surface area contributed by atoms with E-state index in [1.165, 1.54) is 80.0 Å². The van der Waals surface area contributed by atoms with Crippen molar-refractivity contribution in [3.05, 3.63) is 125 Å². The standard InChI is InChI=1S/C23H21.C9H10.C5H5.Zr/c1-22(2)7-5-14-10-18-16(12-20(14)22)9-17-13-21-15(11-19(17)18)6-8-23(21,3)4;1-2-6-9-7-4-3-5-8-9;1-2-4-5-3-1;/h5-13H,1-4H3;3-5,7-8H,2H2,1H3;1-3H,4H2;/q-1;;-1;+2. The first-order valence-electron chi connectivity index (χ1n) is 13.6. The Kier molecular flexibility index (Phi) is 7.61. The Morgan fingerprint density at radius 3 is 1.82 bits per heavy atom. The monoisotopic (exact) mass is 570 g/mol. The van der Waals surface area contributed by atoms with Gasteiger partial charge in [-0.05, 0) is 11.1 Å². The Hall–Kier alpha value is -2.76. The minimum absolute atomic E-state index is 0.152. The second-order valence-electron chi connectivity index (χ2n) is 11.5. The Labute approximate surface area is 243 Å². The molecule has 0 aromatic heterocycles. The second-order valence-corrected chi connectivity index (χ2v) is 13.0. The summed E-state index contributed by atoms with van der Waals surface area (Å²) in [7, 11) is 0. The predicted octanol–water partition coefficient (Wildman–Crippen LogP) is 9.79. The van der Waals surface area contributed by atoms with Crippen molar-refractivity contribution in [3.63, 3.8) is 0 Å². The molecule has 0 N–H and O–H groups in total. The van der Waals surface area contributed by atoms with E-state index in [4.69, 9.17) is 0 Å². The number of hydrogen-bond acceptors (Lipinski definition) is 0. The van der Waals surface area contributed by atoms with E-state index in [2.05, 4.69) is 132 Å². The molecule has 4 aromatic rings. The van der Waals surface area contributed by atoms with Gasteiger partial charge >= 0.3 is 76.7 Å². The number of fused-ring (bicyclic) bond motifs is 5. The van der Waals surface area contributed by atoms with Crippen LogP contribution >= 0.6 is 0 Å². The molecule has 0 amide bonds. The molecule has 0 radical (unpaired) electrons. The average Bonchev–Trinajstić information content (AvgIpc) is 3.71. The summed E-state index contributed by atoms with van der Waals surface area (Å²) in [5, 5.41) is 5.53. The molecule has 0 heterocycles. The zero-order chi connectivity index (χ0) is 26.9. The van der Waals surface area contributed by atoms with Gasteiger partial charge in [-0.15, -0.1) is 46.2 Å². The molecular formula is C37H36Zr. The van der Waals surface area contributed by atoms with Crippen LogP contribution in [0.2, 0.25) is 0 Å². The van der Waals surface area contributed by atoms with Crippen LogP contribution < -0.4 is 0 Å². The molecule has 4 aromatic carbocycles. The molecule has 0 bridgehead atoms. The largest absolute Gasteiger partial charge is 0.273 e. The molecule has 1 heteroatoms. The van der Waals surface area contributed by atoms with Crippen LogP contribution in [0.4, 0.5) is 0 Å². The first-order chi connectivity index (χ1) is 18.2. The smallest absolute Gasteiger partial charge is 0.109 e. The zero-order valence-electron chi connectivity index (χ0n) is 23.2. The molecule has 0 spiro atoms. The molecule has 3 aliphatic rings. The Bertz CT molecular complexity index is 1520. The molecule has 0 aliphatic heterocycles. The minimum atomic E-state index is 0.152. The zero-order valence-corrected chi connectivity index (χ0v) is 25.7. The van der Waals surface area contributed by atoms with E-state index >= 15 is 0 Å². The van der Waals surface area contributed by atoms with Gasteiger partial charge in [-0.2, -0.15) is 6.08 Å². The predicted molar refractivity (Wildman–Crippen MR) is 164 cm³/mol. The third kappa shape index (κ3) is 5.37. The number of rotatable bonds is 2. The van der Waals surface area contributed by atoms with E-state index in [1.54, 1.807) is 3.21 Å². The van der Waals surface area contributed by atoms with Crippen molar-refractivity contribution in [1.82, 2.24) is 0 Å². The Morgan fingerprint density at radius 2 is 1.39 bits per heavy atom. The van der Waals surface area contributed by atoms with Crippen molar-refractivity contribution >= 4 is 36.9 Å². The van der Waals surface area contributed by atoms with E-state index in [0.29, 0.717) is 0 Å². The maximum absolute atomic E-state index is 2.99. The van der Waals surface area contributed by atoms with Gasteiger partial charge in [0.15, 0.2) is 0 Å². The Morgan fingerprint density at radius 1 is 0.842 bits per heavy atom. The normalized spacial score (nSPS) is 16.7. The van der Waals surface area contributed by atoms with E-state index in [9.17, 15) is 0 Å². The van der Waals surface area contributed by atoms with Gasteiger partial charge in [0.25, 0.3) is 0 Å². The average molecular weight is 572 g/mol. The van der Waals surface area contributed by atoms with Gasteiger partial charge in [-0.3, -0.25) is 6.08 Å². The van der Waals surface area contributed by atoms with Crippen LogP contribution in [0.3, 0.4) is 0 Å². The van der Waals surface area contributed by atoms with Crippen molar-refractivity contribution in [2.75, 3.05) is 0 Å². The molecule has 0 saturated carbocycles. The molecule has 0 atom stereocenters. The fourth-order valence-electron chi connectivity index (χ4n) is 5.49. The SMILES string of the molecule is CC1(C)C=Cc2cc3c(cc21)[cH-]c1cc2c(cc13)C=CC2(C)C.CC[C](=[Zr+2])c1ccccc1.[C-]1=CC=CC1. The van der Waals surface area contributed by atoms with Crippen LogP contribution in [-0.4, -0.2) is 3.21 Å². The van der Waals surface area contributed by atoms with Crippen LogP contribution in [-0.2, 0) is 35.1 Å². The summed E-state index contributed by atoms with van der Waals surface area (Å²) in [5.74, 6) is 0. The molecule has 0 saturated heterocycles. The summed E-state index contributed by atoms with van der Waals surface area (Å²) >= 11 is 1.54. The molecule has 3 aliphatic carbocycles. The molecular weight excluding hydrogens is 536 g/mol.